The molecule has 6 nitrogen and oxygen atoms in total. The first-order valence-corrected chi connectivity index (χ1v) is 9.24. The Morgan fingerprint density at radius 3 is 2.32 bits per heavy atom. The number of methoxy groups -OCH3 is 1. The Morgan fingerprint density at radius 2 is 1.68 bits per heavy atom. The standard InChI is InChI=1S/C22H22N2O4/c1-13-9-7-8-12-15(13)18-16-17(22(2,23-18)21(27)28-3)20(26)24(19(16)25)14-10-5-4-6-11-14/h4-12,16-18,23H,1-3H3/t16-,17+,18-,22-/m1/s1. The van der Waals surface area contributed by atoms with E-state index in [1.807, 2.05) is 37.3 Å². The second-order valence-electron chi connectivity index (χ2n) is 7.52. The molecule has 2 aliphatic rings. The molecule has 2 aromatic rings. The third kappa shape index (κ3) is 2.48. The van der Waals surface area contributed by atoms with Crippen LogP contribution in [0.3, 0.4) is 0 Å². The van der Waals surface area contributed by atoms with Gasteiger partial charge in [-0.15, -0.1) is 0 Å². The number of fused-ring (bicyclic) bond motifs is 1. The summed E-state index contributed by atoms with van der Waals surface area (Å²) in [6, 6.07) is 16.1. The topological polar surface area (TPSA) is 75.7 Å². The summed E-state index contributed by atoms with van der Waals surface area (Å²) in [5.41, 5.74) is 1.12. The smallest absolute Gasteiger partial charge is 0.326 e. The van der Waals surface area contributed by atoms with Crippen molar-refractivity contribution in [2.24, 2.45) is 11.8 Å². The van der Waals surface area contributed by atoms with Crippen molar-refractivity contribution >= 4 is 23.5 Å². The van der Waals surface area contributed by atoms with E-state index in [2.05, 4.69) is 5.32 Å². The molecule has 144 valence electrons. The molecule has 0 aromatic heterocycles. The van der Waals surface area contributed by atoms with Crippen molar-refractivity contribution in [3.05, 3.63) is 65.7 Å². The molecular weight excluding hydrogens is 356 g/mol. The van der Waals surface area contributed by atoms with E-state index in [4.69, 9.17) is 4.74 Å². The summed E-state index contributed by atoms with van der Waals surface area (Å²) in [7, 11) is 1.29. The van der Waals surface area contributed by atoms with Gasteiger partial charge < -0.3 is 4.74 Å². The van der Waals surface area contributed by atoms with E-state index in [0.717, 1.165) is 11.1 Å². The third-order valence-electron chi connectivity index (χ3n) is 5.93. The van der Waals surface area contributed by atoms with Crippen LogP contribution in [0.4, 0.5) is 5.69 Å². The second kappa shape index (κ2) is 6.56. The molecule has 0 aliphatic carbocycles. The highest BCUT2D eigenvalue weighted by Gasteiger charge is 2.67. The zero-order chi connectivity index (χ0) is 20.1. The van der Waals surface area contributed by atoms with Crippen LogP contribution < -0.4 is 10.2 Å². The van der Waals surface area contributed by atoms with Gasteiger partial charge in [0.05, 0.1) is 24.6 Å². The lowest BCUT2D eigenvalue weighted by molar-refractivity contribution is -0.151. The second-order valence-corrected chi connectivity index (χ2v) is 7.52. The molecule has 2 amide bonds. The van der Waals surface area contributed by atoms with E-state index < -0.39 is 29.4 Å². The highest BCUT2D eigenvalue weighted by molar-refractivity contribution is 6.24. The number of hydrogen-bond donors (Lipinski definition) is 1. The molecule has 2 aliphatic heterocycles. The summed E-state index contributed by atoms with van der Waals surface area (Å²) < 4.78 is 5.00. The number of hydrogen-bond acceptors (Lipinski definition) is 5. The summed E-state index contributed by atoms with van der Waals surface area (Å²) in [6.07, 6.45) is 0. The van der Waals surface area contributed by atoms with Crippen LogP contribution in [0.15, 0.2) is 54.6 Å². The number of benzene rings is 2. The fourth-order valence-corrected chi connectivity index (χ4v) is 4.57. The van der Waals surface area contributed by atoms with Gasteiger partial charge in [0.25, 0.3) is 0 Å². The predicted octanol–water partition coefficient (Wildman–Crippen LogP) is 2.38. The van der Waals surface area contributed by atoms with Gasteiger partial charge in [0.15, 0.2) is 0 Å². The number of esters is 1. The number of imide groups is 1. The highest BCUT2D eigenvalue weighted by Crippen LogP contribution is 2.50. The van der Waals surface area contributed by atoms with Crippen LogP contribution in [-0.4, -0.2) is 30.4 Å². The number of carbonyl (C=O) groups excluding carboxylic acids is 3. The van der Waals surface area contributed by atoms with Crippen LogP contribution >= 0.6 is 0 Å². The zero-order valence-electron chi connectivity index (χ0n) is 16.0. The lowest BCUT2D eigenvalue weighted by Crippen LogP contribution is -2.54. The Morgan fingerprint density at radius 1 is 1.04 bits per heavy atom. The molecule has 6 heteroatoms. The molecule has 0 spiro atoms. The molecule has 2 fully saturated rings. The number of amides is 2. The van der Waals surface area contributed by atoms with E-state index in [1.54, 1.807) is 31.2 Å². The first kappa shape index (κ1) is 18.4. The Labute approximate surface area is 163 Å². The number of ether oxygens (including phenoxy) is 1. The molecule has 28 heavy (non-hydrogen) atoms. The molecule has 4 atom stereocenters. The van der Waals surface area contributed by atoms with Gasteiger partial charge in [-0.2, -0.15) is 0 Å². The molecule has 0 unspecified atom stereocenters. The minimum absolute atomic E-state index is 0.297. The molecule has 0 saturated carbocycles. The third-order valence-corrected chi connectivity index (χ3v) is 5.93. The number of nitrogens with one attached hydrogen (secondary N) is 1. The quantitative estimate of drug-likeness (QED) is 0.656. The van der Waals surface area contributed by atoms with Crippen LogP contribution in [0.2, 0.25) is 0 Å². The van der Waals surface area contributed by atoms with Crippen LogP contribution in [-0.2, 0) is 19.1 Å². The Bertz CT molecular complexity index is 958. The Balaban J connectivity index is 1.85. The van der Waals surface area contributed by atoms with Crippen molar-refractivity contribution in [2.45, 2.75) is 25.4 Å². The summed E-state index contributed by atoms with van der Waals surface area (Å²) >= 11 is 0. The average molecular weight is 378 g/mol. The van der Waals surface area contributed by atoms with E-state index in [9.17, 15) is 14.4 Å². The largest absolute Gasteiger partial charge is 0.468 e. The predicted molar refractivity (Wildman–Crippen MR) is 103 cm³/mol. The number of rotatable bonds is 3. The van der Waals surface area contributed by atoms with Crippen molar-refractivity contribution in [1.82, 2.24) is 5.32 Å². The van der Waals surface area contributed by atoms with Gasteiger partial charge in [-0.05, 0) is 37.1 Å². The van der Waals surface area contributed by atoms with E-state index >= 15 is 0 Å². The number of nitrogens with zero attached hydrogens (tertiary/aromatic N) is 1. The molecule has 0 bridgehead atoms. The fraction of sp³-hybridized carbons (Fsp3) is 0.318. The maximum absolute atomic E-state index is 13.4. The van der Waals surface area contributed by atoms with Crippen molar-refractivity contribution in [3.63, 3.8) is 0 Å². The van der Waals surface area contributed by atoms with E-state index in [1.165, 1.54) is 12.0 Å². The van der Waals surface area contributed by atoms with Crippen molar-refractivity contribution in [3.8, 4) is 0 Å². The molecule has 2 saturated heterocycles. The summed E-state index contributed by atoms with van der Waals surface area (Å²) in [6.45, 7) is 3.60. The SMILES string of the molecule is COC(=O)[C@]1(C)N[C@H](c2ccccc2C)[C@@H]2C(=O)N(c3ccccc3)C(=O)[C@H]21. The molecule has 0 radical (unpaired) electrons. The summed E-state index contributed by atoms with van der Waals surface area (Å²) in [4.78, 5) is 40.6. The Kier molecular flexibility index (Phi) is 4.31. The monoisotopic (exact) mass is 378 g/mol. The van der Waals surface area contributed by atoms with Crippen molar-refractivity contribution in [2.75, 3.05) is 12.0 Å². The van der Waals surface area contributed by atoms with Crippen LogP contribution in [0.1, 0.15) is 24.1 Å². The normalized spacial score (nSPS) is 29.1. The van der Waals surface area contributed by atoms with Crippen LogP contribution in [0.25, 0.3) is 0 Å². The van der Waals surface area contributed by atoms with Crippen LogP contribution in [0, 0.1) is 18.8 Å². The Hall–Kier alpha value is -2.99. The molecule has 2 heterocycles. The number of carbonyl (C=O) groups is 3. The molecular formula is C22H22N2O4. The van der Waals surface area contributed by atoms with Gasteiger partial charge in [-0.1, -0.05) is 42.5 Å². The van der Waals surface area contributed by atoms with Gasteiger partial charge in [-0.25, -0.2) is 4.90 Å². The van der Waals surface area contributed by atoms with Crippen molar-refractivity contribution < 1.29 is 19.1 Å². The number of para-hydroxylation sites is 1. The maximum Gasteiger partial charge on any atom is 0.326 e. The summed E-state index contributed by atoms with van der Waals surface area (Å²) in [5.74, 6) is -2.74. The number of aryl methyl sites for hydroxylation is 1. The number of anilines is 1. The van der Waals surface area contributed by atoms with E-state index in [0.29, 0.717) is 5.69 Å². The molecule has 2 aromatic carbocycles. The maximum atomic E-state index is 13.4. The molecule has 1 N–H and O–H groups in total. The van der Waals surface area contributed by atoms with E-state index in [-0.39, 0.29) is 11.8 Å². The highest BCUT2D eigenvalue weighted by atomic mass is 16.5. The first-order valence-electron chi connectivity index (χ1n) is 9.24. The van der Waals surface area contributed by atoms with Crippen molar-refractivity contribution in [1.29, 1.82) is 0 Å². The average Bonchev–Trinajstić information content (AvgIpc) is 3.16. The summed E-state index contributed by atoms with van der Waals surface area (Å²) in [5, 5.41) is 3.27. The van der Waals surface area contributed by atoms with Gasteiger partial charge in [-0.3, -0.25) is 19.7 Å². The zero-order valence-corrected chi connectivity index (χ0v) is 16.0. The van der Waals surface area contributed by atoms with Gasteiger partial charge in [0.2, 0.25) is 11.8 Å². The van der Waals surface area contributed by atoms with Gasteiger partial charge in [0, 0.05) is 6.04 Å². The van der Waals surface area contributed by atoms with Gasteiger partial charge in [0.1, 0.15) is 5.54 Å². The first-order chi connectivity index (χ1) is 13.4. The molecule has 4 rings (SSSR count). The lowest BCUT2D eigenvalue weighted by atomic mass is 9.80. The van der Waals surface area contributed by atoms with Crippen LogP contribution in [0.5, 0.6) is 0 Å². The minimum Gasteiger partial charge on any atom is -0.468 e. The van der Waals surface area contributed by atoms with Gasteiger partial charge >= 0.3 is 5.97 Å². The fourth-order valence-electron chi connectivity index (χ4n) is 4.57. The minimum atomic E-state index is -1.29. The lowest BCUT2D eigenvalue weighted by Gasteiger charge is -2.29.